The number of halogens is 2. The van der Waals surface area contributed by atoms with Crippen molar-refractivity contribution in [3.8, 4) is 0 Å². The lowest BCUT2D eigenvalue weighted by Gasteiger charge is -2.11. The molecule has 0 spiro atoms. The number of hydrogen-bond donors (Lipinski definition) is 1. The Morgan fingerprint density at radius 1 is 1.00 bits per heavy atom. The Morgan fingerprint density at radius 2 is 1.69 bits per heavy atom. The standard InChI is InChI=1S/C13H10ClFO/c14-11-6-4-9(5-7-11)13(16)10-2-1-3-12(15)8-10/h1-8,13,16H. The number of aliphatic hydroxyl groups is 1. The van der Waals surface area contributed by atoms with Gasteiger partial charge in [-0.15, -0.1) is 0 Å². The minimum absolute atomic E-state index is 0.356. The molecular weight excluding hydrogens is 227 g/mol. The van der Waals surface area contributed by atoms with E-state index in [1.165, 1.54) is 12.1 Å². The molecule has 16 heavy (non-hydrogen) atoms. The molecule has 0 amide bonds. The Labute approximate surface area is 98.1 Å². The monoisotopic (exact) mass is 236 g/mol. The summed E-state index contributed by atoms with van der Waals surface area (Å²) in [5, 5.41) is 10.6. The van der Waals surface area contributed by atoms with E-state index in [-0.39, 0.29) is 5.82 Å². The molecule has 0 saturated carbocycles. The predicted octanol–water partition coefficient (Wildman–Crippen LogP) is 3.56. The molecule has 1 unspecified atom stereocenters. The van der Waals surface area contributed by atoms with E-state index in [9.17, 15) is 9.50 Å². The fourth-order valence-electron chi connectivity index (χ4n) is 1.51. The highest BCUT2D eigenvalue weighted by molar-refractivity contribution is 6.30. The van der Waals surface area contributed by atoms with Gasteiger partial charge in [0.15, 0.2) is 0 Å². The van der Waals surface area contributed by atoms with Crippen molar-refractivity contribution in [2.75, 3.05) is 0 Å². The maximum atomic E-state index is 13.0. The van der Waals surface area contributed by atoms with E-state index >= 15 is 0 Å². The van der Waals surface area contributed by atoms with Crippen LogP contribution in [0.25, 0.3) is 0 Å². The summed E-state index contributed by atoms with van der Waals surface area (Å²) >= 11 is 5.75. The van der Waals surface area contributed by atoms with Gasteiger partial charge in [0.05, 0.1) is 0 Å². The molecule has 3 heteroatoms. The quantitative estimate of drug-likeness (QED) is 0.845. The molecular formula is C13H10ClFO. The average Bonchev–Trinajstić information content (AvgIpc) is 2.29. The van der Waals surface area contributed by atoms with Gasteiger partial charge in [0.2, 0.25) is 0 Å². The third-order valence-corrected chi connectivity index (χ3v) is 2.60. The van der Waals surface area contributed by atoms with Crippen LogP contribution < -0.4 is 0 Å². The van der Waals surface area contributed by atoms with Crippen molar-refractivity contribution >= 4 is 11.6 Å². The van der Waals surface area contributed by atoms with Gasteiger partial charge in [-0.05, 0) is 35.4 Å². The second kappa shape index (κ2) is 4.64. The molecule has 2 aromatic rings. The van der Waals surface area contributed by atoms with Gasteiger partial charge in [0.1, 0.15) is 11.9 Å². The third kappa shape index (κ3) is 2.40. The Bertz CT molecular complexity index is 482. The van der Waals surface area contributed by atoms with Crippen LogP contribution >= 0.6 is 11.6 Å². The second-order valence-corrected chi connectivity index (χ2v) is 3.95. The van der Waals surface area contributed by atoms with E-state index in [1.54, 1.807) is 36.4 Å². The van der Waals surface area contributed by atoms with Crippen molar-refractivity contribution in [1.82, 2.24) is 0 Å². The summed E-state index contributed by atoms with van der Waals surface area (Å²) in [4.78, 5) is 0. The van der Waals surface area contributed by atoms with Gasteiger partial charge >= 0.3 is 0 Å². The summed E-state index contributed by atoms with van der Waals surface area (Å²) in [6, 6.07) is 12.7. The third-order valence-electron chi connectivity index (χ3n) is 2.35. The van der Waals surface area contributed by atoms with Gasteiger partial charge < -0.3 is 5.11 Å². The lowest BCUT2D eigenvalue weighted by Crippen LogP contribution is -1.99. The minimum Gasteiger partial charge on any atom is -0.384 e. The molecule has 82 valence electrons. The van der Waals surface area contributed by atoms with E-state index in [4.69, 9.17) is 11.6 Å². The summed E-state index contributed by atoms with van der Waals surface area (Å²) in [6.45, 7) is 0. The number of benzene rings is 2. The van der Waals surface area contributed by atoms with Crippen LogP contribution in [0.5, 0.6) is 0 Å². The van der Waals surface area contributed by atoms with Crippen LogP contribution in [-0.4, -0.2) is 5.11 Å². The predicted molar refractivity (Wildman–Crippen MR) is 61.9 cm³/mol. The first-order valence-electron chi connectivity index (χ1n) is 4.86. The zero-order valence-corrected chi connectivity index (χ0v) is 9.16. The molecule has 2 aromatic carbocycles. The fraction of sp³-hybridized carbons (Fsp3) is 0.0769. The van der Waals surface area contributed by atoms with Crippen LogP contribution in [0.1, 0.15) is 17.2 Å². The van der Waals surface area contributed by atoms with Crippen LogP contribution in [0.2, 0.25) is 5.02 Å². The zero-order valence-electron chi connectivity index (χ0n) is 8.40. The lowest BCUT2D eigenvalue weighted by molar-refractivity contribution is 0.220. The largest absolute Gasteiger partial charge is 0.384 e. The molecule has 0 aromatic heterocycles. The van der Waals surface area contributed by atoms with Crippen LogP contribution in [0, 0.1) is 5.82 Å². The Hall–Kier alpha value is -1.38. The normalized spacial score (nSPS) is 12.4. The van der Waals surface area contributed by atoms with Crippen molar-refractivity contribution in [3.05, 3.63) is 70.5 Å². The van der Waals surface area contributed by atoms with Crippen LogP contribution in [0.3, 0.4) is 0 Å². The Balaban J connectivity index is 2.31. The maximum absolute atomic E-state index is 13.0. The SMILES string of the molecule is OC(c1ccc(Cl)cc1)c1cccc(F)c1. The second-order valence-electron chi connectivity index (χ2n) is 3.51. The summed E-state index contributed by atoms with van der Waals surface area (Å²) < 4.78 is 13.0. The summed E-state index contributed by atoms with van der Waals surface area (Å²) in [5.41, 5.74) is 1.22. The summed E-state index contributed by atoms with van der Waals surface area (Å²) in [7, 11) is 0. The number of rotatable bonds is 2. The van der Waals surface area contributed by atoms with Crippen LogP contribution in [0.15, 0.2) is 48.5 Å². The molecule has 0 bridgehead atoms. The smallest absolute Gasteiger partial charge is 0.123 e. The van der Waals surface area contributed by atoms with Gasteiger partial charge in [-0.25, -0.2) is 4.39 Å². The molecule has 0 aliphatic heterocycles. The van der Waals surface area contributed by atoms with Crippen molar-refractivity contribution in [2.24, 2.45) is 0 Å². The van der Waals surface area contributed by atoms with Crippen LogP contribution in [-0.2, 0) is 0 Å². The molecule has 1 atom stereocenters. The van der Waals surface area contributed by atoms with E-state index in [2.05, 4.69) is 0 Å². The van der Waals surface area contributed by atoms with Gasteiger partial charge in [0.25, 0.3) is 0 Å². The van der Waals surface area contributed by atoms with Crippen molar-refractivity contribution in [1.29, 1.82) is 0 Å². The van der Waals surface area contributed by atoms with E-state index in [0.29, 0.717) is 16.1 Å². The highest BCUT2D eigenvalue weighted by Gasteiger charge is 2.10. The minimum atomic E-state index is -0.826. The first kappa shape index (κ1) is 11.1. The van der Waals surface area contributed by atoms with E-state index in [1.807, 2.05) is 0 Å². The van der Waals surface area contributed by atoms with Gasteiger partial charge in [-0.2, -0.15) is 0 Å². The Kier molecular flexibility index (Phi) is 3.22. The zero-order chi connectivity index (χ0) is 11.5. The van der Waals surface area contributed by atoms with E-state index < -0.39 is 6.10 Å². The van der Waals surface area contributed by atoms with Crippen molar-refractivity contribution in [2.45, 2.75) is 6.10 Å². The number of aliphatic hydroxyl groups excluding tert-OH is 1. The highest BCUT2D eigenvalue weighted by atomic mass is 35.5. The summed E-state index contributed by atoms with van der Waals surface area (Å²) in [5.74, 6) is -0.356. The molecule has 2 rings (SSSR count). The Morgan fingerprint density at radius 3 is 2.31 bits per heavy atom. The molecule has 0 radical (unpaired) electrons. The number of hydrogen-bond acceptors (Lipinski definition) is 1. The molecule has 1 nitrogen and oxygen atoms in total. The molecule has 0 saturated heterocycles. The van der Waals surface area contributed by atoms with Crippen molar-refractivity contribution in [3.63, 3.8) is 0 Å². The highest BCUT2D eigenvalue weighted by Crippen LogP contribution is 2.23. The lowest BCUT2D eigenvalue weighted by atomic mass is 10.0. The molecule has 0 fully saturated rings. The molecule has 0 heterocycles. The average molecular weight is 237 g/mol. The maximum Gasteiger partial charge on any atom is 0.123 e. The van der Waals surface area contributed by atoms with Gasteiger partial charge in [-0.3, -0.25) is 0 Å². The first-order chi connectivity index (χ1) is 7.66. The molecule has 1 N–H and O–H groups in total. The van der Waals surface area contributed by atoms with Gasteiger partial charge in [-0.1, -0.05) is 35.9 Å². The van der Waals surface area contributed by atoms with E-state index in [0.717, 1.165) is 0 Å². The van der Waals surface area contributed by atoms with Gasteiger partial charge in [0, 0.05) is 5.02 Å². The van der Waals surface area contributed by atoms with Crippen LogP contribution in [0.4, 0.5) is 4.39 Å². The molecule has 0 aliphatic rings. The summed E-state index contributed by atoms with van der Waals surface area (Å²) in [6.07, 6.45) is -0.826. The molecule has 0 aliphatic carbocycles. The topological polar surface area (TPSA) is 20.2 Å². The van der Waals surface area contributed by atoms with Crippen molar-refractivity contribution < 1.29 is 9.50 Å². The fourth-order valence-corrected chi connectivity index (χ4v) is 1.64. The first-order valence-corrected chi connectivity index (χ1v) is 5.23.